The molecule has 0 saturated heterocycles. The van der Waals surface area contributed by atoms with Crippen LogP contribution in [-0.2, 0) is 0 Å². The molecule has 2 aromatic rings. The average molecular weight is 245 g/mol. The summed E-state index contributed by atoms with van der Waals surface area (Å²) in [4.78, 5) is 8.47. The summed E-state index contributed by atoms with van der Waals surface area (Å²) in [5.74, 6) is 0. The fraction of sp³-hybridized carbons (Fsp3) is 0.231. The maximum absolute atomic E-state index is 5.67. The summed E-state index contributed by atoms with van der Waals surface area (Å²) in [6.07, 6.45) is 4.45. The Hall–Kier alpha value is -1.39. The molecule has 0 aliphatic rings. The predicted molar refractivity (Wildman–Crippen MR) is 70.7 cm³/mol. The second-order valence-corrected chi connectivity index (χ2v) is 4.80. The minimum absolute atomic E-state index is 0.323. The van der Waals surface area contributed by atoms with Gasteiger partial charge in [-0.15, -0.1) is 0 Å². The van der Waals surface area contributed by atoms with Crippen LogP contribution in [0.5, 0.6) is 0 Å². The van der Waals surface area contributed by atoms with Crippen molar-refractivity contribution < 1.29 is 0 Å². The van der Waals surface area contributed by atoms with Crippen molar-refractivity contribution in [1.82, 2.24) is 9.97 Å². The molecule has 3 nitrogen and oxygen atoms in total. The van der Waals surface area contributed by atoms with E-state index in [2.05, 4.69) is 22.1 Å². The zero-order valence-electron chi connectivity index (χ0n) is 9.49. The van der Waals surface area contributed by atoms with Gasteiger partial charge in [-0.3, -0.25) is 0 Å². The van der Waals surface area contributed by atoms with Gasteiger partial charge in [-0.2, -0.15) is 0 Å². The molecule has 4 heteroatoms. The van der Waals surface area contributed by atoms with Crippen molar-refractivity contribution in [2.75, 3.05) is 6.54 Å². The van der Waals surface area contributed by atoms with E-state index in [1.807, 2.05) is 24.3 Å². The van der Waals surface area contributed by atoms with Crippen molar-refractivity contribution in [1.29, 1.82) is 0 Å². The minimum atomic E-state index is 0.323. The van der Waals surface area contributed by atoms with E-state index in [-0.39, 0.29) is 0 Å². The van der Waals surface area contributed by atoms with Crippen molar-refractivity contribution >= 4 is 11.8 Å². The van der Waals surface area contributed by atoms with E-state index in [0.29, 0.717) is 11.8 Å². The molecule has 2 rings (SSSR count). The Kier molecular flexibility index (Phi) is 4.53. The molecule has 17 heavy (non-hydrogen) atoms. The van der Waals surface area contributed by atoms with E-state index in [0.717, 1.165) is 11.6 Å². The van der Waals surface area contributed by atoms with Crippen LogP contribution in [0.15, 0.2) is 53.9 Å². The summed E-state index contributed by atoms with van der Waals surface area (Å²) in [7, 11) is 0. The maximum Gasteiger partial charge on any atom is 0.188 e. The van der Waals surface area contributed by atoms with Gasteiger partial charge in [0.2, 0.25) is 0 Å². The first kappa shape index (κ1) is 12.1. The highest BCUT2D eigenvalue weighted by atomic mass is 32.2. The lowest BCUT2D eigenvalue weighted by Gasteiger charge is -2.14. The van der Waals surface area contributed by atoms with E-state index in [1.165, 1.54) is 5.56 Å². The van der Waals surface area contributed by atoms with Crippen LogP contribution in [-0.4, -0.2) is 16.5 Å². The summed E-state index contributed by atoms with van der Waals surface area (Å²) in [5.41, 5.74) is 6.94. The molecule has 2 N–H and O–H groups in total. The number of rotatable bonds is 5. The number of hydrogen-bond acceptors (Lipinski definition) is 4. The van der Waals surface area contributed by atoms with Gasteiger partial charge in [0.1, 0.15) is 0 Å². The SMILES string of the molecule is NCCC(Sc1ncccn1)c1ccccc1. The van der Waals surface area contributed by atoms with Crippen molar-refractivity contribution in [2.45, 2.75) is 16.8 Å². The molecule has 0 amide bonds. The van der Waals surface area contributed by atoms with Gasteiger partial charge in [0.15, 0.2) is 5.16 Å². The van der Waals surface area contributed by atoms with Crippen LogP contribution in [0.3, 0.4) is 0 Å². The van der Waals surface area contributed by atoms with Gasteiger partial charge in [-0.1, -0.05) is 42.1 Å². The van der Waals surface area contributed by atoms with Crippen LogP contribution in [0.25, 0.3) is 0 Å². The third kappa shape index (κ3) is 3.54. The van der Waals surface area contributed by atoms with E-state index in [1.54, 1.807) is 24.2 Å². The van der Waals surface area contributed by atoms with Crippen molar-refractivity contribution in [3.8, 4) is 0 Å². The molecular formula is C13H15N3S. The number of aromatic nitrogens is 2. The van der Waals surface area contributed by atoms with Gasteiger partial charge in [0.25, 0.3) is 0 Å². The minimum Gasteiger partial charge on any atom is -0.330 e. The second-order valence-electron chi connectivity index (χ2n) is 3.63. The Bertz CT molecular complexity index is 433. The fourth-order valence-electron chi connectivity index (χ4n) is 1.59. The molecule has 1 aromatic heterocycles. The predicted octanol–water partition coefficient (Wildman–Crippen LogP) is 2.66. The van der Waals surface area contributed by atoms with Crippen molar-refractivity contribution in [2.24, 2.45) is 5.73 Å². The van der Waals surface area contributed by atoms with E-state index < -0.39 is 0 Å². The smallest absolute Gasteiger partial charge is 0.188 e. The molecule has 0 radical (unpaired) electrons. The highest BCUT2D eigenvalue weighted by molar-refractivity contribution is 7.99. The molecular weight excluding hydrogens is 230 g/mol. The summed E-state index contributed by atoms with van der Waals surface area (Å²) >= 11 is 1.66. The first-order valence-electron chi connectivity index (χ1n) is 5.59. The molecule has 0 aliphatic heterocycles. The Morgan fingerprint density at radius 1 is 1.06 bits per heavy atom. The monoisotopic (exact) mass is 245 g/mol. The number of nitrogens with two attached hydrogens (primary N) is 1. The summed E-state index contributed by atoms with van der Waals surface area (Å²) in [6.45, 7) is 0.666. The average Bonchev–Trinajstić information content (AvgIpc) is 2.40. The fourth-order valence-corrected chi connectivity index (χ4v) is 2.63. The largest absolute Gasteiger partial charge is 0.330 e. The van der Waals surface area contributed by atoms with Crippen LogP contribution in [0.4, 0.5) is 0 Å². The normalized spacial score (nSPS) is 12.3. The lowest BCUT2D eigenvalue weighted by Crippen LogP contribution is -2.05. The van der Waals surface area contributed by atoms with Crippen LogP contribution in [0, 0.1) is 0 Å². The maximum atomic E-state index is 5.67. The van der Waals surface area contributed by atoms with E-state index in [9.17, 15) is 0 Å². The molecule has 1 heterocycles. The Labute approximate surface area is 105 Å². The third-order valence-electron chi connectivity index (χ3n) is 2.39. The number of hydrogen-bond donors (Lipinski definition) is 1. The lowest BCUT2D eigenvalue weighted by molar-refractivity contribution is 0.807. The Morgan fingerprint density at radius 3 is 2.41 bits per heavy atom. The standard InChI is InChI=1S/C13H15N3S/c14-8-7-12(11-5-2-1-3-6-11)17-13-15-9-4-10-16-13/h1-6,9-10,12H,7-8,14H2. The van der Waals surface area contributed by atoms with Gasteiger partial charge in [0.05, 0.1) is 0 Å². The molecule has 0 fully saturated rings. The molecule has 0 saturated carbocycles. The molecule has 88 valence electrons. The van der Waals surface area contributed by atoms with Crippen LogP contribution in [0.1, 0.15) is 17.2 Å². The molecule has 0 bridgehead atoms. The lowest BCUT2D eigenvalue weighted by atomic mass is 10.1. The van der Waals surface area contributed by atoms with Gasteiger partial charge in [-0.05, 0) is 24.6 Å². The highest BCUT2D eigenvalue weighted by Crippen LogP contribution is 2.35. The highest BCUT2D eigenvalue weighted by Gasteiger charge is 2.13. The molecule has 0 spiro atoms. The summed E-state index contributed by atoms with van der Waals surface area (Å²) in [5, 5.41) is 1.12. The first-order valence-corrected chi connectivity index (χ1v) is 6.47. The Balaban J connectivity index is 2.13. The van der Waals surface area contributed by atoms with Gasteiger partial charge < -0.3 is 5.73 Å². The quantitative estimate of drug-likeness (QED) is 0.650. The zero-order chi connectivity index (χ0) is 11.9. The summed E-state index contributed by atoms with van der Waals surface area (Å²) in [6, 6.07) is 12.2. The zero-order valence-corrected chi connectivity index (χ0v) is 10.3. The second kappa shape index (κ2) is 6.37. The van der Waals surface area contributed by atoms with Gasteiger partial charge in [0, 0.05) is 17.6 Å². The topological polar surface area (TPSA) is 51.8 Å². The van der Waals surface area contributed by atoms with Gasteiger partial charge >= 0.3 is 0 Å². The third-order valence-corrected chi connectivity index (χ3v) is 3.60. The number of thioether (sulfide) groups is 1. The van der Waals surface area contributed by atoms with Crippen LogP contribution in [0.2, 0.25) is 0 Å². The summed E-state index contributed by atoms with van der Waals surface area (Å²) < 4.78 is 0. The van der Waals surface area contributed by atoms with Crippen molar-refractivity contribution in [3.63, 3.8) is 0 Å². The van der Waals surface area contributed by atoms with Crippen LogP contribution < -0.4 is 5.73 Å². The molecule has 1 atom stereocenters. The van der Waals surface area contributed by atoms with Crippen LogP contribution >= 0.6 is 11.8 Å². The number of nitrogens with zero attached hydrogens (tertiary/aromatic N) is 2. The molecule has 1 aromatic carbocycles. The molecule has 1 unspecified atom stereocenters. The van der Waals surface area contributed by atoms with Gasteiger partial charge in [-0.25, -0.2) is 9.97 Å². The van der Waals surface area contributed by atoms with E-state index >= 15 is 0 Å². The number of benzene rings is 1. The first-order chi connectivity index (χ1) is 8.40. The molecule has 0 aliphatic carbocycles. The van der Waals surface area contributed by atoms with Crippen molar-refractivity contribution in [3.05, 3.63) is 54.4 Å². The van der Waals surface area contributed by atoms with E-state index in [4.69, 9.17) is 5.73 Å². The Morgan fingerprint density at radius 2 is 1.76 bits per heavy atom.